The largest absolute Gasteiger partial charge is 0.354 e. The van der Waals surface area contributed by atoms with Crippen molar-refractivity contribution in [3.05, 3.63) is 34.9 Å². The summed E-state index contributed by atoms with van der Waals surface area (Å²) in [5.74, 6) is 0. The lowest BCUT2D eigenvalue weighted by Crippen LogP contribution is -2.38. The maximum atomic E-state index is 10.3. The highest BCUT2D eigenvalue weighted by Gasteiger charge is 2.15. The monoisotopic (exact) mass is 225 g/mol. The van der Waals surface area contributed by atoms with Gasteiger partial charge >= 0.3 is 0 Å². The van der Waals surface area contributed by atoms with Crippen LogP contribution in [0.25, 0.3) is 0 Å². The summed E-state index contributed by atoms with van der Waals surface area (Å²) in [4.78, 5) is 10.3. The second kappa shape index (κ2) is 5.17. The van der Waals surface area contributed by atoms with Gasteiger partial charge in [-0.15, -0.1) is 0 Å². The summed E-state index contributed by atoms with van der Waals surface area (Å²) in [5.41, 5.74) is 1.08. The van der Waals surface area contributed by atoms with Crippen molar-refractivity contribution >= 4 is 18.0 Å². The van der Waals surface area contributed by atoms with Crippen LogP contribution < -0.4 is 5.32 Å². The third kappa shape index (κ3) is 4.34. The van der Waals surface area contributed by atoms with E-state index < -0.39 is 0 Å². The van der Waals surface area contributed by atoms with E-state index in [-0.39, 0.29) is 5.54 Å². The number of benzene rings is 1. The van der Waals surface area contributed by atoms with Gasteiger partial charge in [-0.3, -0.25) is 4.79 Å². The Morgan fingerprint density at radius 3 is 2.47 bits per heavy atom. The van der Waals surface area contributed by atoms with E-state index in [1.165, 1.54) is 5.56 Å². The van der Waals surface area contributed by atoms with Crippen LogP contribution in [0.4, 0.5) is 0 Å². The molecule has 3 heteroatoms. The number of rotatable bonds is 5. The van der Waals surface area contributed by atoms with Gasteiger partial charge in [0.1, 0.15) is 0 Å². The molecule has 0 atom stereocenters. The average Bonchev–Trinajstić information content (AvgIpc) is 2.17. The molecule has 15 heavy (non-hydrogen) atoms. The topological polar surface area (TPSA) is 29.1 Å². The van der Waals surface area contributed by atoms with Crippen LogP contribution in [0.1, 0.15) is 25.8 Å². The maximum absolute atomic E-state index is 10.3. The molecule has 0 spiro atoms. The number of nitrogens with one attached hydrogen (secondary N) is 1. The minimum absolute atomic E-state index is 0.151. The van der Waals surface area contributed by atoms with Crippen LogP contribution in [-0.2, 0) is 11.2 Å². The van der Waals surface area contributed by atoms with Crippen LogP contribution in [0.5, 0.6) is 0 Å². The molecular weight excluding hydrogens is 210 g/mol. The fourth-order valence-corrected chi connectivity index (χ4v) is 1.47. The number of carbonyl (C=O) groups is 1. The molecule has 0 unspecified atom stereocenters. The average molecular weight is 226 g/mol. The molecule has 0 aliphatic carbocycles. The lowest BCUT2D eigenvalue weighted by molar-refractivity contribution is -0.110. The van der Waals surface area contributed by atoms with E-state index in [2.05, 4.69) is 5.32 Å². The highest BCUT2D eigenvalue weighted by Crippen LogP contribution is 2.15. The van der Waals surface area contributed by atoms with Crippen molar-refractivity contribution in [2.24, 2.45) is 0 Å². The predicted octanol–water partition coefficient (Wildman–Crippen LogP) is 2.80. The molecule has 1 aromatic rings. The first-order valence-electron chi connectivity index (χ1n) is 4.99. The molecule has 0 heterocycles. The summed E-state index contributed by atoms with van der Waals surface area (Å²) < 4.78 is 0. The van der Waals surface area contributed by atoms with Crippen molar-refractivity contribution in [2.75, 3.05) is 0 Å². The van der Waals surface area contributed by atoms with Crippen LogP contribution >= 0.6 is 11.6 Å². The Hall–Kier alpha value is -1.02. The lowest BCUT2D eigenvalue weighted by Gasteiger charge is -2.23. The fourth-order valence-electron chi connectivity index (χ4n) is 1.34. The number of hydrogen-bond acceptors (Lipinski definition) is 1. The zero-order valence-electron chi connectivity index (χ0n) is 9.09. The van der Waals surface area contributed by atoms with Gasteiger partial charge in [-0.25, -0.2) is 0 Å². The van der Waals surface area contributed by atoms with E-state index in [0.29, 0.717) is 0 Å². The van der Waals surface area contributed by atoms with Crippen molar-refractivity contribution in [3.63, 3.8) is 0 Å². The first-order chi connectivity index (χ1) is 7.03. The summed E-state index contributed by atoms with van der Waals surface area (Å²) >= 11 is 5.79. The summed E-state index contributed by atoms with van der Waals surface area (Å²) in [6, 6.07) is 7.80. The predicted molar refractivity (Wildman–Crippen MR) is 63.1 cm³/mol. The van der Waals surface area contributed by atoms with Gasteiger partial charge in [-0.2, -0.15) is 0 Å². The third-order valence-electron chi connectivity index (χ3n) is 2.40. The molecule has 0 bridgehead atoms. The van der Waals surface area contributed by atoms with Gasteiger partial charge in [0.15, 0.2) is 0 Å². The van der Waals surface area contributed by atoms with Gasteiger partial charge in [0.2, 0.25) is 6.41 Å². The van der Waals surface area contributed by atoms with Gasteiger partial charge in [0.25, 0.3) is 0 Å². The Morgan fingerprint density at radius 1 is 1.33 bits per heavy atom. The van der Waals surface area contributed by atoms with Gasteiger partial charge in [0.05, 0.1) is 0 Å². The number of halogens is 1. The molecule has 82 valence electrons. The van der Waals surface area contributed by atoms with Crippen molar-refractivity contribution in [3.8, 4) is 0 Å². The molecule has 0 radical (unpaired) electrons. The standard InChI is InChI=1S/C12H16ClNO/c1-12(2,14-9-15)8-7-10-3-5-11(13)6-4-10/h3-6,9H,7-8H2,1-2H3,(H,14,15). The minimum atomic E-state index is -0.151. The molecule has 0 aliphatic rings. The van der Waals surface area contributed by atoms with Crippen LogP contribution in [0.3, 0.4) is 0 Å². The molecule has 1 amide bonds. The van der Waals surface area contributed by atoms with Gasteiger partial charge in [0, 0.05) is 10.6 Å². The normalized spacial score (nSPS) is 11.1. The first-order valence-corrected chi connectivity index (χ1v) is 5.37. The molecule has 2 nitrogen and oxygen atoms in total. The summed E-state index contributed by atoms with van der Waals surface area (Å²) in [7, 11) is 0. The Bertz CT molecular complexity index is 319. The summed E-state index contributed by atoms with van der Waals surface area (Å²) in [6.07, 6.45) is 2.60. The van der Waals surface area contributed by atoms with E-state index >= 15 is 0 Å². The molecule has 0 fully saturated rings. The quantitative estimate of drug-likeness (QED) is 0.768. The molecule has 0 saturated carbocycles. The zero-order chi connectivity index (χ0) is 11.3. The maximum Gasteiger partial charge on any atom is 0.207 e. The van der Waals surface area contributed by atoms with Crippen LogP contribution in [0.2, 0.25) is 5.02 Å². The molecule has 0 aliphatic heterocycles. The van der Waals surface area contributed by atoms with Crippen LogP contribution in [0, 0.1) is 0 Å². The van der Waals surface area contributed by atoms with Gasteiger partial charge in [-0.05, 0) is 44.4 Å². The molecule has 1 aromatic carbocycles. The minimum Gasteiger partial charge on any atom is -0.354 e. The Balaban J connectivity index is 2.49. The molecular formula is C12H16ClNO. The highest BCUT2D eigenvalue weighted by atomic mass is 35.5. The summed E-state index contributed by atoms with van der Waals surface area (Å²) in [6.45, 7) is 4.02. The second-order valence-corrected chi connectivity index (χ2v) is 4.71. The van der Waals surface area contributed by atoms with E-state index in [9.17, 15) is 4.79 Å². The smallest absolute Gasteiger partial charge is 0.207 e. The van der Waals surface area contributed by atoms with E-state index in [4.69, 9.17) is 11.6 Å². The highest BCUT2D eigenvalue weighted by molar-refractivity contribution is 6.30. The van der Waals surface area contributed by atoms with Crippen molar-refractivity contribution in [1.29, 1.82) is 0 Å². The number of hydrogen-bond donors (Lipinski definition) is 1. The Morgan fingerprint density at radius 2 is 1.93 bits per heavy atom. The Kier molecular flexibility index (Phi) is 4.15. The molecule has 0 saturated heterocycles. The van der Waals surface area contributed by atoms with E-state index in [0.717, 1.165) is 24.3 Å². The lowest BCUT2D eigenvalue weighted by atomic mass is 9.96. The number of amides is 1. The summed E-state index contributed by atoms with van der Waals surface area (Å²) in [5, 5.41) is 3.55. The van der Waals surface area contributed by atoms with Gasteiger partial charge < -0.3 is 5.32 Å². The fraction of sp³-hybridized carbons (Fsp3) is 0.417. The van der Waals surface area contributed by atoms with Crippen molar-refractivity contribution in [2.45, 2.75) is 32.2 Å². The Labute approximate surface area is 95.6 Å². The number of aryl methyl sites for hydroxylation is 1. The number of carbonyl (C=O) groups excluding carboxylic acids is 1. The van der Waals surface area contributed by atoms with Crippen molar-refractivity contribution < 1.29 is 4.79 Å². The molecule has 1 rings (SSSR count). The van der Waals surface area contributed by atoms with E-state index in [1.807, 2.05) is 38.1 Å². The van der Waals surface area contributed by atoms with Crippen LogP contribution in [-0.4, -0.2) is 11.9 Å². The zero-order valence-corrected chi connectivity index (χ0v) is 9.84. The SMILES string of the molecule is CC(C)(CCc1ccc(Cl)cc1)NC=O. The van der Waals surface area contributed by atoms with Crippen LogP contribution in [0.15, 0.2) is 24.3 Å². The van der Waals surface area contributed by atoms with Crippen molar-refractivity contribution in [1.82, 2.24) is 5.32 Å². The second-order valence-electron chi connectivity index (χ2n) is 4.27. The third-order valence-corrected chi connectivity index (χ3v) is 2.65. The van der Waals surface area contributed by atoms with E-state index in [1.54, 1.807) is 0 Å². The first kappa shape index (κ1) is 12.1. The molecule has 1 N–H and O–H groups in total. The van der Waals surface area contributed by atoms with Gasteiger partial charge in [-0.1, -0.05) is 23.7 Å². The molecule has 0 aromatic heterocycles.